The number of benzene rings is 1. The molecular formula is C24H35IN6O2. The van der Waals surface area contributed by atoms with Gasteiger partial charge in [0.1, 0.15) is 0 Å². The highest BCUT2D eigenvalue weighted by atomic mass is 127. The largest absolute Gasteiger partial charge is 0.381 e. The number of aliphatic imine (C=N–C) groups is 1. The summed E-state index contributed by atoms with van der Waals surface area (Å²) in [4.78, 5) is 18.2. The van der Waals surface area contributed by atoms with Crippen LogP contribution in [-0.4, -0.2) is 72.9 Å². The second-order valence-corrected chi connectivity index (χ2v) is 8.13. The smallest absolute Gasteiger partial charge is 0.225 e. The van der Waals surface area contributed by atoms with Crippen LogP contribution in [0.25, 0.3) is 0 Å². The Morgan fingerprint density at radius 1 is 1.06 bits per heavy atom. The first-order valence-electron chi connectivity index (χ1n) is 11.6. The number of rotatable bonds is 7. The lowest BCUT2D eigenvalue weighted by Crippen LogP contribution is -2.52. The fourth-order valence-electron chi connectivity index (χ4n) is 3.96. The molecule has 0 amide bonds. The highest BCUT2D eigenvalue weighted by Crippen LogP contribution is 2.15. The maximum atomic E-state index is 6.02. The van der Waals surface area contributed by atoms with E-state index in [0.717, 1.165) is 70.7 Å². The number of halogens is 1. The van der Waals surface area contributed by atoms with E-state index in [1.54, 1.807) is 12.4 Å². The molecule has 2 aliphatic heterocycles. The summed E-state index contributed by atoms with van der Waals surface area (Å²) < 4.78 is 11.4. The monoisotopic (exact) mass is 566 g/mol. The van der Waals surface area contributed by atoms with Crippen LogP contribution in [0.3, 0.4) is 0 Å². The summed E-state index contributed by atoms with van der Waals surface area (Å²) in [6, 6.07) is 10.5. The second kappa shape index (κ2) is 13.7. The van der Waals surface area contributed by atoms with Gasteiger partial charge in [-0.1, -0.05) is 24.3 Å². The number of hydrogen-bond donors (Lipinski definition) is 1. The molecule has 2 aliphatic rings. The predicted octanol–water partition coefficient (Wildman–Crippen LogP) is 3.08. The number of guanidine groups is 1. The Hall–Kier alpha value is -1.98. The van der Waals surface area contributed by atoms with Gasteiger partial charge in [0.15, 0.2) is 5.96 Å². The normalized spacial score (nSPS) is 17.5. The number of hydrogen-bond acceptors (Lipinski definition) is 6. The Labute approximate surface area is 213 Å². The molecule has 8 nitrogen and oxygen atoms in total. The van der Waals surface area contributed by atoms with Gasteiger partial charge in [-0.15, -0.1) is 24.0 Å². The summed E-state index contributed by atoms with van der Waals surface area (Å²) in [6.07, 6.45) is 5.90. The highest BCUT2D eigenvalue weighted by Gasteiger charge is 2.21. The SMILES string of the molecule is CCNC(=NCc1ccc(COC2CCOCC2)cc1)N1CCN(c2ncccn2)CC1.I. The molecular weight excluding hydrogens is 531 g/mol. The average Bonchev–Trinajstić information content (AvgIpc) is 2.87. The second-order valence-electron chi connectivity index (χ2n) is 8.13. The summed E-state index contributed by atoms with van der Waals surface area (Å²) in [7, 11) is 0. The Morgan fingerprint density at radius 2 is 1.73 bits per heavy atom. The van der Waals surface area contributed by atoms with Gasteiger partial charge in [-0.25, -0.2) is 15.0 Å². The van der Waals surface area contributed by atoms with E-state index in [9.17, 15) is 0 Å². The zero-order valence-electron chi connectivity index (χ0n) is 19.4. The number of piperazine rings is 1. The van der Waals surface area contributed by atoms with Gasteiger partial charge in [0.2, 0.25) is 5.95 Å². The van der Waals surface area contributed by atoms with E-state index in [1.165, 1.54) is 11.1 Å². The molecule has 0 bridgehead atoms. The van der Waals surface area contributed by atoms with E-state index in [1.807, 2.05) is 6.07 Å². The molecule has 2 fully saturated rings. The molecule has 0 spiro atoms. The predicted molar refractivity (Wildman–Crippen MR) is 141 cm³/mol. The Balaban J connectivity index is 0.00000306. The number of aromatic nitrogens is 2. The lowest BCUT2D eigenvalue weighted by molar-refractivity contribution is -0.0390. The number of anilines is 1. The molecule has 0 radical (unpaired) electrons. The van der Waals surface area contributed by atoms with Crippen molar-refractivity contribution in [3.63, 3.8) is 0 Å². The van der Waals surface area contributed by atoms with Gasteiger partial charge in [0, 0.05) is 58.3 Å². The van der Waals surface area contributed by atoms with Gasteiger partial charge < -0.3 is 24.6 Å². The van der Waals surface area contributed by atoms with Crippen molar-refractivity contribution in [2.45, 2.75) is 39.0 Å². The summed E-state index contributed by atoms with van der Waals surface area (Å²) in [5.41, 5.74) is 2.40. The van der Waals surface area contributed by atoms with Crippen LogP contribution in [0.4, 0.5) is 5.95 Å². The quantitative estimate of drug-likeness (QED) is 0.314. The van der Waals surface area contributed by atoms with Crippen LogP contribution in [0.1, 0.15) is 30.9 Å². The summed E-state index contributed by atoms with van der Waals surface area (Å²) >= 11 is 0. The van der Waals surface area contributed by atoms with Crippen LogP contribution in [0.15, 0.2) is 47.7 Å². The van der Waals surface area contributed by atoms with E-state index in [-0.39, 0.29) is 24.0 Å². The molecule has 2 aromatic rings. The Morgan fingerprint density at radius 3 is 2.39 bits per heavy atom. The standard InChI is InChI=1S/C24H34N6O2.HI/c1-2-25-23(29-12-14-30(15-13-29)24-26-10-3-11-27-24)28-18-20-4-6-21(7-5-20)19-32-22-8-16-31-17-9-22;/h3-7,10-11,22H,2,8-9,12-19H2,1H3,(H,25,28);1H. The van der Waals surface area contributed by atoms with Crippen LogP contribution in [0.5, 0.6) is 0 Å². The van der Waals surface area contributed by atoms with Crippen molar-refractivity contribution in [2.24, 2.45) is 4.99 Å². The first-order valence-corrected chi connectivity index (χ1v) is 11.6. The van der Waals surface area contributed by atoms with E-state index in [2.05, 4.69) is 56.3 Å². The third kappa shape index (κ3) is 7.79. The van der Waals surface area contributed by atoms with Crippen LogP contribution in [0.2, 0.25) is 0 Å². The van der Waals surface area contributed by atoms with Crippen LogP contribution >= 0.6 is 24.0 Å². The first-order chi connectivity index (χ1) is 15.8. The molecule has 0 saturated carbocycles. The zero-order valence-corrected chi connectivity index (χ0v) is 21.7. The maximum absolute atomic E-state index is 6.02. The fraction of sp³-hybridized carbons (Fsp3) is 0.542. The molecule has 4 rings (SSSR count). The number of ether oxygens (including phenoxy) is 2. The molecule has 1 N–H and O–H groups in total. The van der Waals surface area contributed by atoms with E-state index < -0.39 is 0 Å². The maximum Gasteiger partial charge on any atom is 0.225 e. The number of nitrogens with zero attached hydrogens (tertiary/aromatic N) is 5. The van der Waals surface area contributed by atoms with Crippen LogP contribution in [-0.2, 0) is 22.6 Å². The lowest BCUT2D eigenvalue weighted by Gasteiger charge is -2.36. The van der Waals surface area contributed by atoms with Crippen molar-refractivity contribution < 1.29 is 9.47 Å². The first kappa shape index (κ1) is 25.6. The van der Waals surface area contributed by atoms with E-state index >= 15 is 0 Å². The Bertz CT molecular complexity index is 838. The van der Waals surface area contributed by atoms with Crippen LogP contribution < -0.4 is 10.2 Å². The third-order valence-electron chi connectivity index (χ3n) is 5.84. The van der Waals surface area contributed by atoms with E-state index in [0.29, 0.717) is 19.3 Å². The lowest BCUT2D eigenvalue weighted by atomic mass is 10.1. The van der Waals surface area contributed by atoms with Crippen LogP contribution in [0, 0.1) is 0 Å². The molecule has 0 aliphatic carbocycles. The summed E-state index contributed by atoms with van der Waals surface area (Å²) in [6.45, 7) is 9.46. The van der Waals surface area contributed by atoms with Gasteiger partial charge in [0.25, 0.3) is 0 Å². The average molecular weight is 566 g/mol. The third-order valence-corrected chi connectivity index (χ3v) is 5.84. The minimum absolute atomic E-state index is 0. The Kier molecular flexibility index (Phi) is 10.6. The van der Waals surface area contributed by atoms with Gasteiger partial charge in [-0.3, -0.25) is 0 Å². The fourth-order valence-corrected chi connectivity index (χ4v) is 3.96. The highest BCUT2D eigenvalue weighted by molar-refractivity contribution is 14.0. The molecule has 3 heterocycles. The molecule has 1 aromatic heterocycles. The van der Waals surface area contributed by atoms with Gasteiger partial charge >= 0.3 is 0 Å². The zero-order chi connectivity index (χ0) is 22.0. The van der Waals surface area contributed by atoms with Crippen molar-refractivity contribution >= 4 is 35.9 Å². The molecule has 33 heavy (non-hydrogen) atoms. The van der Waals surface area contributed by atoms with Gasteiger partial charge in [-0.2, -0.15) is 0 Å². The molecule has 9 heteroatoms. The van der Waals surface area contributed by atoms with Gasteiger partial charge in [0.05, 0.1) is 19.3 Å². The van der Waals surface area contributed by atoms with Gasteiger partial charge in [-0.05, 0) is 37.0 Å². The van der Waals surface area contributed by atoms with Crippen molar-refractivity contribution in [2.75, 3.05) is 50.8 Å². The topological polar surface area (TPSA) is 75.1 Å². The molecule has 0 atom stereocenters. The summed E-state index contributed by atoms with van der Waals surface area (Å²) in [5, 5.41) is 3.44. The van der Waals surface area contributed by atoms with Crippen molar-refractivity contribution in [3.05, 3.63) is 53.9 Å². The van der Waals surface area contributed by atoms with Crippen molar-refractivity contribution in [1.29, 1.82) is 0 Å². The molecule has 0 unspecified atom stereocenters. The summed E-state index contributed by atoms with van der Waals surface area (Å²) in [5.74, 6) is 1.77. The number of nitrogens with one attached hydrogen (secondary N) is 1. The molecule has 1 aromatic carbocycles. The van der Waals surface area contributed by atoms with Crippen molar-refractivity contribution in [3.8, 4) is 0 Å². The minimum Gasteiger partial charge on any atom is -0.381 e. The molecule has 2 saturated heterocycles. The van der Waals surface area contributed by atoms with E-state index in [4.69, 9.17) is 14.5 Å². The molecule has 180 valence electrons. The van der Waals surface area contributed by atoms with Crippen molar-refractivity contribution in [1.82, 2.24) is 20.2 Å². The minimum atomic E-state index is 0.